The molecule has 0 amide bonds. The molecule has 2 aromatic heterocycles. The van der Waals surface area contributed by atoms with Crippen LogP contribution in [-0.4, -0.2) is 21.5 Å². The minimum absolute atomic E-state index is 0.0763. The third-order valence-corrected chi connectivity index (χ3v) is 5.46. The molecule has 0 saturated carbocycles. The van der Waals surface area contributed by atoms with Gasteiger partial charge in [0.2, 0.25) is 0 Å². The number of fused-ring (bicyclic) bond motifs is 2. The number of nitro groups is 1. The van der Waals surface area contributed by atoms with Gasteiger partial charge in [-0.05, 0) is 61.5 Å². The molecule has 0 fully saturated rings. The summed E-state index contributed by atoms with van der Waals surface area (Å²) in [6, 6.07) is 24.2. The zero-order valence-electron chi connectivity index (χ0n) is 18.4. The number of hydrogen-bond acceptors (Lipinski definition) is 7. The molecule has 0 saturated heterocycles. The van der Waals surface area contributed by atoms with E-state index in [1.807, 2.05) is 78.6 Å². The van der Waals surface area contributed by atoms with Crippen LogP contribution in [0.4, 0.5) is 28.6 Å². The second-order valence-corrected chi connectivity index (χ2v) is 7.65. The van der Waals surface area contributed by atoms with E-state index in [4.69, 9.17) is 15.5 Å². The number of para-hydroxylation sites is 1. The molecule has 8 nitrogen and oxygen atoms in total. The molecule has 0 spiro atoms. The fourth-order valence-electron chi connectivity index (χ4n) is 3.99. The minimum Gasteiger partial charge on any atom is -0.494 e. The van der Waals surface area contributed by atoms with E-state index in [0.717, 1.165) is 38.9 Å². The number of benzene rings is 3. The molecule has 3 aromatic carbocycles. The van der Waals surface area contributed by atoms with Crippen molar-refractivity contribution in [1.82, 2.24) is 9.97 Å². The van der Waals surface area contributed by atoms with Crippen LogP contribution in [0, 0.1) is 10.1 Å². The molecule has 168 valence electrons. The molecule has 8 heteroatoms. The van der Waals surface area contributed by atoms with Gasteiger partial charge in [-0.3, -0.25) is 15.0 Å². The molecular formula is C26H21N5O3. The number of pyridine rings is 2. The highest BCUT2D eigenvalue weighted by molar-refractivity contribution is 6.11. The molecule has 0 aliphatic rings. The Bertz CT molecular complexity index is 1500. The van der Waals surface area contributed by atoms with Gasteiger partial charge in [0.15, 0.2) is 0 Å². The number of nitrogen functional groups attached to an aromatic ring is 1. The van der Waals surface area contributed by atoms with E-state index in [1.165, 1.54) is 12.3 Å². The first-order valence-electron chi connectivity index (χ1n) is 10.8. The predicted molar refractivity (Wildman–Crippen MR) is 134 cm³/mol. The van der Waals surface area contributed by atoms with Crippen molar-refractivity contribution in [3.8, 4) is 5.75 Å². The van der Waals surface area contributed by atoms with E-state index in [9.17, 15) is 10.1 Å². The van der Waals surface area contributed by atoms with Gasteiger partial charge in [0.25, 0.3) is 5.69 Å². The number of nitrogens with zero attached hydrogens (tertiary/aromatic N) is 4. The van der Waals surface area contributed by atoms with Gasteiger partial charge < -0.3 is 10.5 Å². The smallest absolute Gasteiger partial charge is 0.287 e. The topological polar surface area (TPSA) is 107 Å². The maximum Gasteiger partial charge on any atom is 0.287 e. The highest BCUT2D eigenvalue weighted by Gasteiger charge is 2.21. The van der Waals surface area contributed by atoms with Crippen LogP contribution < -0.4 is 15.4 Å². The maximum atomic E-state index is 11.2. The molecule has 0 unspecified atom stereocenters. The van der Waals surface area contributed by atoms with Gasteiger partial charge in [0.05, 0.1) is 28.3 Å². The third kappa shape index (κ3) is 3.81. The number of ether oxygens (including phenoxy) is 1. The van der Waals surface area contributed by atoms with Crippen molar-refractivity contribution in [1.29, 1.82) is 0 Å². The first kappa shape index (κ1) is 21.1. The van der Waals surface area contributed by atoms with Gasteiger partial charge in [0.1, 0.15) is 17.8 Å². The molecule has 2 N–H and O–H groups in total. The van der Waals surface area contributed by atoms with Gasteiger partial charge in [-0.2, -0.15) is 0 Å². The summed E-state index contributed by atoms with van der Waals surface area (Å²) in [5.74, 6) is 1.25. The molecule has 2 heterocycles. The van der Waals surface area contributed by atoms with Gasteiger partial charge >= 0.3 is 0 Å². The van der Waals surface area contributed by atoms with E-state index >= 15 is 0 Å². The minimum atomic E-state index is -0.460. The summed E-state index contributed by atoms with van der Waals surface area (Å²) in [7, 11) is 0. The quantitative estimate of drug-likeness (QED) is 0.143. The summed E-state index contributed by atoms with van der Waals surface area (Å²) in [4.78, 5) is 22.0. The van der Waals surface area contributed by atoms with Crippen molar-refractivity contribution < 1.29 is 9.66 Å². The van der Waals surface area contributed by atoms with Gasteiger partial charge in [-0.25, -0.2) is 9.97 Å². The highest BCUT2D eigenvalue weighted by atomic mass is 16.6. The number of anilines is 4. The van der Waals surface area contributed by atoms with Crippen LogP contribution >= 0.6 is 0 Å². The monoisotopic (exact) mass is 451 g/mol. The van der Waals surface area contributed by atoms with Crippen LogP contribution in [0.5, 0.6) is 5.75 Å². The summed E-state index contributed by atoms with van der Waals surface area (Å²) in [6.07, 6.45) is 1.26. The highest BCUT2D eigenvalue weighted by Crippen LogP contribution is 2.43. The third-order valence-electron chi connectivity index (χ3n) is 5.46. The lowest BCUT2D eigenvalue weighted by Gasteiger charge is -2.27. The Balaban J connectivity index is 1.87. The molecule has 0 radical (unpaired) electrons. The lowest BCUT2D eigenvalue weighted by Crippen LogP contribution is -2.13. The Morgan fingerprint density at radius 3 is 2.50 bits per heavy atom. The summed E-state index contributed by atoms with van der Waals surface area (Å²) < 4.78 is 5.78. The Hall–Kier alpha value is -4.72. The molecule has 5 rings (SSSR count). The van der Waals surface area contributed by atoms with Crippen molar-refractivity contribution in [2.45, 2.75) is 6.92 Å². The Kier molecular flexibility index (Phi) is 5.39. The van der Waals surface area contributed by atoms with Gasteiger partial charge in [-0.1, -0.05) is 18.2 Å². The first-order valence-corrected chi connectivity index (χ1v) is 10.8. The van der Waals surface area contributed by atoms with Crippen LogP contribution in [0.3, 0.4) is 0 Å². The largest absolute Gasteiger partial charge is 0.494 e. The van der Waals surface area contributed by atoms with Crippen molar-refractivity contribution in [2.24, 2.45) is 0 Å². The lowest BCUT2D eigenvalue weighted by molar-refractivity contribution is -0.385. The van der Waals surface area contributed by atoms with E-state index in [1.54, 1.807) is 6.07 Å². The zero-order valence-corrected chi connectivity index (χ0v) is 18.4. The average Bonchev–Trinajstić information content (AvgIpc) is 2.85. The van der Waals surface area contributed by atoms with E-state index in [2.05, 4.69) is 4.98 Å². The molecule has 0 aliphatic carbocycles. The van der Waals surface area contributed by atoms with Crippen LogP contribution in [-0.2, 0) is 0 Å². The van der Waals surface area contributed by atoms with Crippen LogP contribution in [0.2, 0.25) is 0 Å². The predicted octanol–water partition coefficient (Wildman–Crippen LogP) is 6.14. The Labute approximate surface area is 195 Å². The van der Waals surface area contributed by atoms with E-state index in [0.29, 0.717) is 18.1 Å². The number of hydrogen-bond donors (Lipinski definition) is 1. The average molecular weight is 451 g/mol. The fraction of sp³-hybridized carbons (Fsp3) is 0.0769. The number of aromatic nitrogens is 2. The Morgan fingerprint density at radius 2 is 1.79 bits per heavy atom. The van der Waals surface area contributed by atoms with Gasteiger partial charge in [0, 0.05) is 28.2 Å². The SMILES string of the molecule is CCOc1ccc2nc3cc(N)ccc3c(N(c3ccccc3)c3ccc([N+](=O)[O-])cn3)c2c1. The second kappa shape index (κ2) is 8.67. The normalized spacial score (nSPS) is 11.0. The van der Waals surface area contributed by atoms with Crippen molar-refractivity contribution in [3.05, 3.63) is 95.2 Å². The summed E-state index contributed by atoms with van der Waals surface area (Å²) >= 11 is 0. The van der Waals surface area contributed by atoms with Gasteiger partial charge in [-0.15, -0.1) is 0 Å². The first-order chi connectivity index (χ1) is 16.5. The molecule has 0 atom stereocenters. The molecule has 0 bridgehead atoms. The Morgan fingerprint density at radius 1 is 0.971 bits per heavy atom. The second-order valence-electron chi connectivity index (χ2n) is 7.65. The van der Waals surface area contributed by atoms with Crippen molar-refractivity contribution in [2.75, 3.05) is 17.2 Å². The van der Waals surface area contributed by atoms with Crippen LogP contribution in [0.25, 0.3) is 21.8 Å². The van der Waals surface area contributed by atoms with Crippen LogP contribution in [0.15, 0.2) is 85.1 Å². The summed E-state index contributed by atoms with van der Waals surface area (Å²) in [6.45, 7) is 2.47. The number of rotatable bonds is 6. The summed E-state index contributed by atoms with van der Waals surface area (Å²) in [5, 5.41) is 12.9. The summed E-state index contributed by atoms with van der Waals surface area (Å²) in [5.41, 5.74) is 9.77. The lowest BCUT2D eigenvalue weighted by atomic mass is 10.0. The van der Waals surface area contributed by atoms with E-state index < -0.39 is 4.92 Å². The van der Waals surface area contributed by atoms with E-state index in [-0.39, 0.29) is 5.69 Å². The fourth-order valence-corrected chi connectivity index (χ4v) is 3.99. The molecule has 5 aromatic rings. The van der Waals surface area contributed by atoms with Crippen LogP contribution in [0.1, 0.15) is 6.92 Å². The van der Waals surface area contributed by atoms with Crippen molar-refractivity contribution in [3.63, 3.8) is 0 Å². The maximum absolute atomic E-state index is 11.2. The zero-order chi connectivity index (χ0) is 23.7. The molecular weight excluding hydrogens is 430 g/mol. The standard InChI is InChI=1S/C26H21N5O3/c1-2-34-20-10-12-23-22(15-20)26(21-11-8-17(27)14-24(21)29-23)30(18-6-4-3-5-7-18)25-13-9-19(16-28-25)31(32)33/h3-16H,2,27H2,1H3. The molecule has 34 heavy (non-hydrogen) atoms. The van der Waals surface area contributed by atoms with Crippen molar-refractivity contribution >= 4 is 50.4 Å². The number of nitrogens with two attached hydrogens (primary N) is 1. The molecule has 0 aliphatic heterocycles.